The highest BCUT2D eigenvalue weighted by molar-refractivity contribution is 7.09. The van der Waals surface area contributed by atoms with Gasteiger partial charge in [0.25, 0.3) is 17.7 Å². The second kappa shape index (κ2) is 32.3. The van der Waals surface area contributed by atoms with Crippen LogP contribution in [0.2, 0.25) is 0 Å². The van der Waals surface area contributed by atoms with Crippen molar-refractivity contribution >= 4 is 82.3 Å². The van der Waals surface area contributed by atoms with Gasteiger partial charge in [-0.05, 0) is 119 Å². The van der Waals surface area contributed by atoms with Gasteiger partial charge in [0.1, 0.15) is 28.8 Å². The second-order valence-electron chi connectivity index (χ2n) is 23.5. The van der Waals surface area contributed by atoms with Gasteiger partial charge in [-0.15, -0.1) is 11.3 Å². The molecule has 468 valence electrons. The minimum absolute atomic E-state index is 0.0176. The maximum Gasteiger partial charge on any atom is 0.312 e. The highest BCUT2D eigenvalue weighted by atomic mass is 32.1. The number of nitrogens with one attached hydrogen (secondary N) is 6. The van der Waals surface area contributed by atoms with Gasteiger partial charge in [-0.1, -0.05) is 67.4 Å². The number of imide groups is 1. The molecule has 9 N–H and O–H groups in total. The van der Waals surface area contributed by atoms with E-state index >= 15 is 0 Å². The van der Waals surface area contributed by atoms with Gasteiger partial charge >= 0.3 is 18.0 Å². The molecule has 24 nitrogen and oxygen atoms in total. The van der Waals surface area contributed by atoms with Crippen molar-refractivity contribution < 1.29 is 62.6 Å². The Kier molecular flexibility index (Phi) is 26.0. The predicted octanol–water partition coefficient (Wildman–Crippen LogP) is 4.68. The molecule has 0 radical (unpaired) electrons. The molecule has 0 unspecified atom stereocenters. The Morgan fingerprint density at radius 1 is 0.894 bits per heavy atom. The molecule has 0 saturated carbocycles. The van der Waals surface area contributed by atoms with E-state index in [0.717, 1.165) is 29.2 Å². The number of nitrogens with two attached hydrogens (primary N) is 1. The average molecular weight is 1200 g/mol. The number of carboxylic acid groups (broad SMARTS) is 1. The number of aliphatic carboxylic acids is 1. The Morgan fingerprint density at radius 3 is 2.22 bits per heavy atom. The lowest BCUT2D eigenvalue weighted by molar-refractivity contribution is -0.150. The standard InChI is InChI=1S/C60H89N11O13S/c1-11-36(8)52(68-55(78)46-27-35(7)23-26-69(46)10)58(80)70(12-2)45(33(3)4)31-47(84-37(9)72)57-66-44(32-85-57)54(77)64-40-28-38-19-20-39(29-41(38)42(30-40)59(81)82)63-53(76)43(17-16-24-62-60(61)83)65-56(79)51(34(5)6)67-48(73)18-14-13-15-25-71-49(74)21-22-50(71)75/h19-22,29,32-36,40,42-43,45-47,51-52H,11-18,23-28,30-31H2,1-10H3,(H,63,76)(H,64,77)(H,65,79)(H,67,73)(H,68,78)(H,81,82)(H3,61,62,83)/t35-,36+,40+,42-,43+,45-,46-,47-,51+,52+/m1/s1. The largest absolute Gasteiger partial charge is 0.481 e. The number of anilines is 1. The molecule has 25 heteroatoms. The maximum atomic E-state index is 14.7. The van der Waals surface area contributed by atoms with Crippen LogP contribution in [0.25, 0.3) is 0 Å². The Morgan fingerprint density at radius 2 is 1.60 bits per heavy atom. The fourth-order valence-electron chi connectivity index (χ4n) is 11.1. The van der Waals surface area contributed by atoms with Crippen molar-refractivity contribution in [1.82, 2.24) is 46.3 Å². The average Bonchev–Trinajstić information content (AvgIpc) is 2.98. The first kappa shape index (κ1) is 68.5. The summed E-state index contributed by atoms with van der Waals surface area (Å²) >= 11 is 1.11. The van der Waals surface area contributed by atoms with Crippen molar-refractivity contribution in [2.45, 2.75) is 188 Å². The van der Waals surface area contributed by atoms with Crippen LogP contribution in [0.5, 0.6) is 0 Å². The van der Waals surface area contributed by atoms with Crippen LogP contribution in [0.1, 0.15) is 172 Å². The number of likely N-dealkylation sites (tertiary alicyclic amines) is 1. The van der Waals surface area contributed by atoms with Gasteiger partial charge in [0.2, 0.25) is 29.5 Å². The number of carbonyl (C=O) groups excluding carboxylic acids is 10. The predicted molar refractivity (Wildman–Crippen MR) is 318 cm³/mol. The molecule has 1 saturated heterocycles. The van der Waals surface area contributed by atoms with Gasteiger partial charge in [-0.2, -0.15) is 0 Å². The number of carboxylic acids is 1. The first-order valence-corrected chi connectivity index (χ1v) is 30.7. The molecule has 2 aliphatic heterocycles. The lowest BCUT2D eigenvalue weighted by atomic mass is 9.79. The van der Waals surface area contributed by atoms with E-state index in [0.29, 0.717) is 60.7 Å². The monoisotopic (exact) mass is 1200 g/mol. The Labute approximate surface area is 502 Å². The lowest BCUT2D eigenvalue weighted by Crippen LogP contribution is -2.59. The topological polar surface area (TPSA) is 338 Å². The molecule has 0 spiro atoms. The molecule has 0 bridgehead atoms. The highest BCUT2D eigenvalue weighted by Gasteiger charge is 2.40. The lowest BCUT2D eigenvalue weighted by Gasteiger charge is -2.40. The SMILES string of the molecule is CC[C@H](C)[C@H](NC(=O)[C@H]1C[C@H](C)CCN1C)C(=O)N(CC)[C@H](C[C@@H](OC(C)=O)c1nc(C(=O)N[C@H]2Cc3ccc(NC(=O)[C@H](CCCNC(N)=O)NC(=O)[C@@H](NC(=O)CCCCCN4C(=O)C=CC4=O)C(C)C)cc3[C@H](C(=O)O)C2)cs1)C(C)C. The number of nitrogens with zero attached hydrogens (tertiary/aromatic N) is 4. The smallest absolute Gasteiger partial charge is 0.312 e. The fourth-order valence-corrected chi connectivity index (χ4v) is 12.0. The molecule has 3 heterocycles. The Bertz CT molecular complexity index is 2750. The first-order valence-electron chi connectivity index (χ1n) is 29.8. The molecule has 1 aliphatic carbocycles. The number of fused-ring (bicyclic) bond motifs is 1. The van der Waals surface area contributed by atoms with Crippen molar-refractivity contribution in [3.8, 4) is 0 Å². The Hall–Kier alpha value is -7.28. The number of aromatic nitrogens is 1. The van der Waals surface area contributed by atoms with Crippen molar-refractivity contribution in [2.75, 3.05) is 38.5 Å². The minimum Gasteiger partial charge on any atom is -0.481 e. The molecular formula is C60H89N11O13S. The molecule has 5 rings (SSSR count). The van der Waals surface area contributed by atoms with E-state index in [1.807, 2.05) is 46.6 Å². The van der Waals surface area contributed by atoms with Crippen LogP contribution < -0.4 is 37.6 Å². The number of rotatable bonds is 31. The van der Waals surface area contributed by atoms with E-state index in [4.69, 9.17) is 10.5 Å². The summed E-state index contributed by atoms with van der Waals surface area (Å²) in [7, 11) is 1.93. The summed E-state index contributed by atoms with van der Waals surface area (Å²) in [6, 6.07) is -0.487. The third-order valence-corrected chi connectivity index (χ3v) is 17.2. The number of benzene rings is 1. The summed E-state index contributed by atoms with van der Waals surface area (Å²) in [6.07, 6.45) is 5.96. The first-order chi connectivity index (χ1) is 40.2. The van der Waals surface area contributed by atoms with E-state index in [9.17, 15) is 57.8 Å². The van der Waals surface area contributed by atoms with E-state index in [1.54, 1.807) is 36.9 Å². The summed E-state index contributed by atoms with van der Waals surface area (Å²) in [4.78, 5) is 154. The number of hydrogen-bond acceptors (Lipinski definition) is 15. The number of thiazole rings is 1. The summed E-state index contributed by atoms with van der Waals surface area (Å²) in [5, 5.41) is 29.2. The van der Waals surface area contributed by atoms with Gasteiger partial charge in [-0.3, -0.25) is 57.7 Å². The highest BCUT2D eigenvalue weighted by Crippen LogP contribution is 2.36. The zero-order valence-electron chi connectivity index (χ0n) is 50.8. The second-order valence-corrected chi connectivity index (χ2v) is 24.4. The van der Waals surface area contributed by atoms with Crippen LogP contribution >= 0.6 is 11.3 Å². The number of amides is 10. The zero-order chi connectivity index (χ0) is 62.8. The van der Waals surface area contributed by atoms with Crippen LogP contribution in [-0.4, -0.2) is 159 Å². The zero-order valence-corrected chi connectivity index (χ0v) is 51.6. The van der Waals surface area contributed by atoms with Crippen molar-refractivity contribution in [3.05, 3.63) is 57.6 Å². The number of hydrogen-bond donors (Lipinski definition) is 8. The van der Waals surface area contributed by atoms with E-state index in [-0.39, 0.29) is 105 Å². The van der Waals surface area contributed by atoms with Gasteiger partial charge in [0.15, 0.2) is 6.10 Å². The van der Waals surface area contributed by atoms with Crippen LogP contribution in [0.15, 0.2) is 35.7 Å². The van der Waals surface area contributed by atoms with Crippen LogP contribution in [0, 0.1) is 23.7 Å². The number of ether oxygens (including phenoxy) is 1. The minimum atomic E-state index is -1.18. The summed E-state index contributed by atoms with van der Waals surface area (Å²) in [5.74, 6) is -6.67. The third kappa shape index (κ3) is 19.6. The maximum absolute atomic E-state index is 14.7. The van der Waals surface area contributed by atoms with E-state index in [2.05, 4.69) is 43.8 Å². The molecule has 1 aromatic carbocycles. The van der Waals surface area contributed by atoms with Crippen LogP contribution in [0.4, 0.5) is 10.5 Å². The number of carbonyl (C=O) groups is 11. The van der Waals surface area contributed by atoms with Gasteiger partial charge in [0.05, 0.1) is 12.0 Å². The summed E-state index contributed by atoms with van der Waals surface area (Å²) in [5.41, 5.74) is 6.51. The van der Waals surface area contributed by atoms with Gasteiger partial charge in [0, 0.05) is 74.7 Å². The number of unbranched alkanes of at least 4 members (excludes halogenated alkanes) is 2. The molecule has 1 fully saturated rings. The molecule has 3 aliphatic rings. The normalized spacial score (nSPS) is 19.8. The number of likely N-dealkylation sites (N-methyl/N-ethyl adjacent to an activating group) is 2. The van der Waals surface area contributed by atoms with Crippen molar-refractivity contribution in [2.24, 2.45) is 29.4 Å². The number of urea groups is 1. The van der Waals surface area contributed by atoms with Gasteiger partial charge < -0.3 is 52.4 Å². The van der Waals surface area contributed by atoms with Crippen LogP contribution in [0.3, 0.4) is 0 Å². The molecule has 2 aromatic rings. The van der Waals surface area contributed by atoms with E-state index < -0.39 is 89.7 Å². The quantitative estimate of drug-likeness (QED) is 0.0289. The van der Waals surface area contributed by atoms with Gasteiger partial charge in [-0.25, -0.2) is 9.78 Å². The van der Waals surface area contributed by atoms with Crippen LogP contribution in [-0.2, 0) is 54.3 Å². The molecular weight excluding hydrogens is 1110 g/mol. The Balaban J connectivity index is 1.25. The fraction of sp³-hybridized carbons (Fsp3) is 0.633. The number of piperidine rings is 1. The number of primary amides is 1. The number of esters is 1. The molecule has 1 aromatic heterocycles. The molecule has 10 atom stereocenters. The summed E-state index contributed by atoms with van der Waals surface area (Å²) < 4.78 is 5.87. The third-order valence-electron chi connectivity index (χ3n) is 16.3. The molecule has 10 amide bonds. The van der Waals surface area contributed by atoms with E-state index in [1.165, 1.54) is 24.5 Å². The summed E-state index contributed by atoms with van der Waals surface area (Å²) in [6.45, 7) is 18.0. The molecule has 85 heavy (non-hydrogen) atoms. The van der Waals surface area contributed by atoms with Crippen molar-refractivity contribution in [3.63, 3.8) is 0 Å². The van der Waals surface area contributed by atoms with Crippen molar-refractivity contribution in [1.29, 1.82) is 0 Å².